The fraction of sp³-hybridized carbons (Fsp3) is 0.333. The summed E-state index contributed by atoms with van der Waals surface area (Å²) < 4.78 is 0. The quantitative estimate of drug-likeness (QED) is 0.413. The van der Waals surface area contributed by atoms with Gasteiger partial charge in [-0.2, -0.15) is 0 Å². The van der Waals surface area contributed by atoms with Gasteiger partial charge in [0.1, 0.15) is 0 Å². The van der Waals surface area contributed by atoms with E-state index in [9.17, 15) is 0 Å². The van der Waals surface area contributed by atoms with Gasteiger partial charge in [0.2, 0.25) is 0 Å². The lowest BCUT2D eigenvalue weighted by molar-refractivity contribution is 0.436. The van der Waals surface area contributed by atoms with E-state index in [4.69, 9.17) is 16.6 Å². The molecular weight excluding hydrogens is 192 g/mol. The summed E-state index contributed by atoms with van der Waals surface area (Å²) in [6.45, 7) is 0.587. The summed E-state index contributed by atoms with van der Waals surface area (Å²) in [5.74, 6) is 0.0513. The standard InChI is InChI=1S/C9H16N6/c1-14(6-7-4-3-5-13-7)9(12)15(2)8(10)11/h3-5,12-13H,6H2,1-2H3,(H3,10,11). The molecule has 6 nitrogen and oxygen atoms in total. The Hall–Kier alpha value is -1.98. The summed E-state index contributed by atoms with van der Waals surface area (Å²) in [7, 11) is 3.37. The number of aromatic nitrogens is 1. The van der Waals surface area contributed by atoms with E-state index in [1.807, 2.05) is 18.3 Å². The maximum absolute atomic E-state index is 7.75. The Labute approximate surface area is 88.7 Å². The lowest BCUT2D eigenvalue weighted by Gasteiger charge is -2.26. The Balaban J connectivity index is 2.57. The van der Waals surface area contributed by atoms with Crippen LogP contribution in [0.25, 0.3) is 0 Å². The van der Waals surface area contributed by atoms with Gasteiger partial charge in [-0.25, -0.2) is 0 Å². The molecule has 15 heavy (non-hydrogen) atoms. The number of hydrogen-bond donors (Lipinski definition) is 4. The van der Waals surface area contributed by atoms with Crippen molar-refractivity contribution < 1.29 is 0 Å². The second kappa shape index (κ2) is 4.50. The highest BCUT2D eigenvalue weighted by atomic mass is 15.4. The third-order valence-electron chi connectivity index (χ3n) is 2.11. The van der Waals surface area contributed by atoms with Crippen molar-refractivity contribution in [1.82, 2.24) is 14.8 Å². The first-order chi connectivity index (χ1) is 7.02. The van der Waals surface area contributed by atoms with E-state index in [1.165, 1.54) is 4.90 Å². The molecule has 0 fully saturated rings. The van der Waals surface area contributed by atoms with Gasteiger partial charge in [-0.15, -0.1) is 0 Å². The number of guanidine groups is 2. The zero-order chi connectivity index (χ0) is 11.4. The number of H-pyrrole nitrogens is 1. The maximum Gasteiger partial charge on any atom is 0.200 e. The third kappa shape index (κ3) is 2.73. The first kappa shape index (κ1) is 11.1. The molecule has 0 unspecified atom stereocenters. The van der Waals surface area contributed by atoms with E-state index < -0.39 is 0 Å². The molecule has 5 N–H and O–H groups in total. The highest BCUT2D eigenvalue weighted by molar-refractivity contribution is 5.94. The van der Waals surface area contributed by atoms with Crippen LogP contribution in [0.2, 0.25) is 0 Å². The number of aromatic amines is 1. The van der Waals surface area contributed by atoms with Crippen LogP contribution in [0.1, 0.15) is 5.69 Å². The summed E-state index contributed by atoms with van der Waals surface area (Å²) in [5, 5.41) is 15.0. The number of hydrogen-bond acceptors (Lipinski definition) is 2. The van der Waals surface area contributed by atoms with E-state index in [2.05, 4.69) is 4.98 Å². The van der Waals surface area contributed by atoms with Gasteiger partial charge < -0.3 is 15.6 Å². The molecule has 1 aromatic heterocycles. The van der Waals surface area contributed by atoms with Crippen LogP contribution in [0, 0.1) is 10.8 Å². The predicted octanol–water partition coefficient (Wildman–Crippen LogP) is 0.207. The van der Waals surface area contributed by atoms with Crippen LogP contribution in [-0.4, -0.2) is 40.8 Å². The molecule has 6 heteroatoms. The highest BCUT2D eigenvalue weighted by Crippen LogP contribution is 2.01. The lowest BCUT2D eigenvalue weighted by Crippen LogP contribution is -2.45. The molecule has 0 amide bonds. The summed E-state index contributed by atoms with van der Waals surface area (Å²) >= 11 is 0. The summed E-state index contributed by atoms with van der Waals surface area (Å²) in [5.41, 5.74) is 6.30. The molecular formula is C9H16N6. The molecule has 1 rings (SSSR count). The first-order valence-electron chi connectivity index (χ1n) is 4.52. The fourth-order valence-electron chi connectivity index (χ4n) is 1.17. The summed E-state index contributed by atoms with van der Waals surface area (Å²) in [6.07, 6.45) is 1.83. The van der Waals surface area contributed by atoms with Crippen LogP contribution in [0.3, 0.4) is 0 Å². The van der Waals surface area contributed by atoms with Crippen molar-refractivity contribution >= 4 is 11.9 Å². The van der Waals surface area contributed by atoms with Crippen LogP contribution in [0.5, 0.6) is 0 Å². The maximum atomic E-state index is 7.75. The topological polar surface area (TPSA) is 96.0 Å². The van der Waals surface area contributed by atoms with Gasteiger partial charge in [-0.3, -0.25) is 15.7 Å². The number of nitrogens with two attached hydrogens (primary N) is 1. The van der Waals surface area contributed by atoms with Crippen molar-refractivity contribution in [3.8, 4) is 0 Å². The van der Waals surface area contributed by atoms with Crippen molar-refractivity contribution in [2.24, 2.45) is 5.73 Å². The van der Waals surface area contributed by atoms with Gasteiger partial charge in [0, 0.05) is 26.0 Å². The van der Waals surface area contributed by atoms with Gasteiger partial charge in [0.15, 0.2) is 11.9 Å². The van der Waals surface area contributed by atoms with Crippen LogP contribution >= 0.6 is 0 Å². The molecule has 82 valence electrons. The van der Waals surface area contributed by atoms with Crippen LogP contribution < -0.4 is 5.73 Å². The van der Waals surface area contributed by atoms with Gasteiger partial charge in [-0.05, 0) is 12.1 Å². The zero-order valence-electron chi connectivity index (χ0n) is 8.91. The van der Waals surface area contributed by atoms with E-state index in [1.54, 1.807) is 19.0 Å². The number of nitrogens with one attached hydrogen (secondary N) is 3. The highest BCUT2D eigenvalue weighted by Gasteiger charge is 2.12. The van der Waals surface area contributed by atoms with Gasteiger partial charge >= 0.3 is 0 Å². The Morgan fingerprint density at radius 2 is 2.13 bits per heavy atom. The Morgan fingerprint density at radius 1 is 1.47 bits per heavy atom. The van der Waals surface area contributed by atoms with Gasteiger partial charge in [0.25, 0.3) is 0 Å². The summed E-state index contributed by atoms with van der Waals surface area (Å²) in [6, 6.07) is 3.85. The normalized spacial score (nSPS) is 9.73. The molecule has 0 aliphatic carbocycles. The molecule has 1 aromatic rings. The molecule has 0 aromatic carbocycles. The zero-order valence-corrected chi connectivity index (χ0v) is 8.91. The minimum atomic E-state index is -0.140. The van der Waals surface area contributed by atoms with Crippen LogP contribution in [-0.2, 0) is 6.54 Å². The van der Waals surface area contributed by atoms with Crippen LogP contribution in [0.4, 0.5) is 0 Å². The van der Waals surface area contributed by atoms with Crippen molar-refractivity contribution in [2.75, 3.05) is 14.1 Å². The molecule has 0 atom stereocenters. The van der Waals surface area contributed by atoms with Crippen molar-refractivity contribution in [2.45, 2.75) is 6.54 Å². The lowest BCUT2D eigenvalue weighted by atomic mass is 10.4. The SMILES string of the molecule is CN(Cc1ccc[nH]1)C(=N)N(C)C(=N)N. The Morgan fingerprint density at radius 3 is 2.60 bits per heavy atom. The fourth-order valence-corrected chi connectivity index (χ4v) is 1.17. The average Bonchev–Trinajstić information content (AvgIpc) is 2.67. The molecule has 0 saturated carbocycles. The largest absolute Gasteiger partial charge is 0.370 e. The molecule has 0 aliphatic rings. The predicted molar refractivity (Wildman–Crippen MR) is 59.7 cm³/mol. The number of nitrogens with zero attached hydrogens (tertiary/aromatic N) is 2. The third-order valence-corrected chi connectivity index (χ3v) is 2.11. The van der Waals surface area contributed by atoms with Crippen LogP contribution in [0.15, 0.2) is 18.3 Å². The van der Waals surface area contributed by atoms with E-state index in [0.29, 0.717) is 6.54 Å². The van der Waals surface area contributed by atoms with Crippen molar-refractivity contribution in [3.63, 3.8) is 0 Å². The minimum absolute atomic E-state index is 0.140. The molecule has 0 radical (unpaired) electrons. The Bertz CT molecular complexity index is 341. The van der Waals surface area contributed by atoms with Gasteiger partial charge in [-0.1, -0.05) is 0 Å². The Kier molecular flexibility index (Phi) is 3.33. The van der Waals surface area contributed by atoms with Gasteiger partial charge in [0.05, 0.1) is 6.54 Å². The monoisotopic (exact) mass is 208 g/mol. The first-order valence-corrected chi connectivity index (χ1v) is 4.52. The number of rotatable bonds is 2. The second-order valence-electron chi connectivity index (χ2n) is 3.32. The molecule has 1 heterocycles. The molecule has 0 saturated heterocycles. The molecule has 0 spiro atoms. The summed E-state index contributed by atoms with van der Waals surface area (Å²) in [4.78, 5) is 6.06. The van der Waals surface area contributed by atoms with E-state index >= 15 is 0 Å². The van der Waals surface area contributed by atoms with Crippen molar-refractivity contribution in [1.29, 1.82) is 10.8 Å². The minimum Gasteiger partial charge on any atom is -0.370 e. The second-order valence-corrected chi connectivity index (χ2v) is 3.32. The molecule has 0 bridgehead atoms. The van der Waals surface area contributed by atoms with E-state index in [-0.39, 0.29) is 11.9 Å². The smallest absolute Gasteiger partial charge is 0.200 e. The molecule has 0 aliphatic heterocycles. The van der Waals surface area contributed by atoms with Crippen molar-refractivity contribution in [3.05, 3.63) is 24.0 Å². The van der Waals surface area contributed by atoms with E-state index in [0.717, 1.165) is 5.69 Å². The average molecular weight is 208 g/mol.